The van der Waals surface area contributed by atoms with E-state index in [4.69, 9.17) is 4.74 Å². The summed E-state index contributed by atoms with van der Waals surface area (Å²) in [7, 11) is 1.63. The van der Waals surface area contributed by atoms with Crippen LogP contribution in [-0.2, 0) is 6.54 Å². The van der Waals surface area contributed by atoms with Gasteiger partial charge in [0.25, 0.3) is 5.56 Å². The molecule has 2 heterocycles. The fourth-order valence-electron chi connectivity index (χ4n) is 2.96. The van der Waals surface area contributed by atoms with Gasteiger partial charge in [-0.25, -0.2) is 4.52 Å². The third-order valence-electron chi connectivity index (χ3n) is 4.44. The van der Waals surface area contributed by atoms with Crippen molar-refractivity contribution in [1.29, 1.82) is 0 Å². The van der Waals surface area contributed by atoms with Crippen LogP contribution >= 0.6 is 0 Å². The van der Waals surface area contributed by atoms with E-state index in [1.54, 1.807) is 22.4 Å². The van der Waals surface area contributed by atoms with Crippen molar-refractivity contribution < 1.29 is 4.74 Å². The first kappa shape index (κ1) is 16.1. The lowest BCUT2D eigenvalue weighted by Crippen LogP contribution is -2.21. The van der Waals surface area contributed by atoms with E-state index in [9.17, 15) is 4.79 Å². The molecule has 0 saturated carbocycles. The maximum atomic E-state index is 12.8. The smallest absolute Gasteiger partial charge is 0.276 e. The van der Waals surface area contributed by atoms with Crippen LogP contribution in [0.1, 0.15) is 11.1 Å². The Morgan fingerprint density at radius 1 is 1.04 bits per heavy atom. The minimum absolute atomic E-state index is 0.0604. The number of ether oxygens (including phenoxy) is 1. The number of benzene rings is 2. The zero-order chi connectivity index (χ0) is 18.1. The third kappa shape index (κ3) is 2.99. The molecule has 4 aromatic rings. The van der Waals surface area contributed by atoms with Gasteiger partial charge >= 0.3 is 0 Å². The maximum Gasteiger partial charge on any atom is 0.276 e. The van der Waals surface area contributed by atoms with Gasteiger partial charge in [-0.15, -0.1) is 0 Å². The zero-order valence-corrected chi connectivity index (χ0v) is 14.7. The van der Waals surface area contributed by atoms with Gasteiger partial charge in [0.1, 0.15) is 11.3 Å². The molecule has 0 radical (unpaired) electrons. The van der Waals surface area contributed by atoms with Crippen LogP contribution in [0.5, 0.6) is 5.75 Å². The second-order valence-corrected chi connectivity index (χ2v) is 6.31. The molecule has 130 valence electrons. The summed E-state index contributed by atoms with van der Waals surface area (Å²) in [5.74, 6) is 0.760. The number of methoxy groups -OCH3 is 1. The maximum absolute atomic E-state index is 12.8. The summed E-state index contributed by atoms with van der Waals surface area (Å²) in [6.07, 6.45) is 3.59. The summed E-state index contributed by atoms with van der Waals surface area (Å²) in [4.78, 5) is 12.8. The standard InChI is InChI=1S/C21H19N3O2/c1-15-6-8-16(9-7-15)14-23-10-11-24-20(21(23)25)13-19(22-24)17-4-3-5-18(12-17)26-2/h3-13H,14H2,1-2H3. The molecule has 5 nitrogen and oxygen atoms in total. The largest absolute Gasteiger partial charge is 0.497 e. The van der Waals surface area contributed by atoms with Crippen LogP contribution in [0, 0.1) is 6.92 Å². The van der Waals surface area contributed by atoms with Crippen molar-refractivity contribution in [3.8, 4) is 17.0 Å². The Morgan fingerprint density at radius 2 is 1.85 bits per heavy atom. The van der Waals surface area contributed by atoms with Crippen LogP contribution in [0.3, 0.4) is 0 Å². The molecule has 0 aliphatic heterocycles. The van der Waals surface area contributed by atoms with E-state index in [0.717, 1.165) is 22.6 Å². The first-order valence-corrected chi connectivity index (χ1v) is 8.43. The fraction of sp³-hybridized carbons (Fsp3) is 0.143. The Morgan fingerprint density at radius 3 is 2.62 bits per heavy atom. The normalized spacial score (nSPS) is 11.0. The van der Waals surface area contributed by atoms with Crippen molar-refractivity contribution >= 4 is 5.52 Å². The molecule has 0 spiro atoms. The predicted octanol–water partition coefficient (Wildman–Crippen LogP) is 3.53. The average molecular weight is 345 g/mol. The predicted molar refractivity (Wildman–Crippen MR) is 102 cm³/mol. The first-order chi connectivity index (χ1) is 12.6. The molecule has 0 saturated heterocycles. The van der Waals surface area contributed by atoms with Crippen LogP contribution in [0.15, 0.2) is 71.8 Å². The molecule has 5 heteroatoms. The van der Waals surface area contributed by atoms with Crippen LogP contribution < -0.4 is 10.3 Å². The van der Waals surface area contributed by atoms with Crippen molar-refractivity contribution in [2.24, 2.45) is 0 Å². The number of nitrogens with zero attached hydrogens (tertiary/aromatic N) is 3. The monoisotopic (exact) mass is 345 g/mol. The molecule has 4 rings (SSSR count). The summed E-state index contributed by atoms with van der Waals surface area (Å²) < 4.78 is 8.60. The number of hydrogen-bond acceptors (Lipinski definition) is 3. The molecular weight excluding hydrogens is 326 g/mol. The number of aryl methyl sites for hydroxylation is 1. The van der Waals surface area contributed by atoms with E-state index in [1.165, 1.54) is 5.56 Å². The first-order valence-electron chi connectivity index (χ1n) is 8.43. The molecular formula is C21H19N3O2. The summed E-state index contributed by atoms with van der Waals surface area (Å²) in [6, 6.07) is 17.7. The second-order valence-electron chi connectivity index (χ2n) is 6.31. The summed E-state index contributed by atoms with van der Waals surface area (Å²) in [5.41, 5.74) is 4.45. The summed E-state index contributed by atoms with van der Waals surface area (Å²) in [5, 5.41) is 4.53. The van der Waals surface area contributed by atoms with Gasteiger partial charge < -0.3 is 9.30 Å². The molecule has 0 unspecified atom stereocenters. The Kier molecular flexibility index (Phi) is 4.05. The Bertz CT molecular complexity index is 1120. The van der Waals surface area contributed by atoms with E-state index >= 15 is 0 Å². The Labute approximate surface area is 151 Å². The van der Waals surface area contributed by atoms with E-state index in [2.05, 4.69) is 17.2 Å². The summed E-state index contributed by atoms with van der Waals surface area (Å²) in [6.45, 7) is 2.59. The SMILES string of the molecule is COc1cccc(-c2cc3c(=O)n(Cc4ccc(C)cc4)ccn3n2)c1. The minimum Gasteiger partial charge on any atom is -0.497 e. The third-order valence-corrected chi connectivity index (χ3v) is 4.44. The van der Waals surface area contributed by atoms with E-state index < -0.39 is 0 Å². The van der Waals surface area contributed by atoms with Gasteiger partial charge in [-0.3, -0.25) is 4.79 Å². The van der Waals surface area contributed by atoms with Gasteiger partial charge in [0.05, 0.1) is 19.3 Å². The van der Waals surface area contributed by atoms with Crippen molar-refractivity contribution in [2.75, 3.05) is 7.11 Å². The van der Waals surface area contributed by atoms with Gasteiger partial charge in [-0.05, 0) is 30.7 Å². The van der Waals surface area contributed by atoms with Gasteiger partial charge in [0, 0.05) is 18.0 Å². The second kappa shape index (κ2) is 6.52. The Balaban J connectivity index is 1.73. The number of hydrogen-bond donors (Lipinski definition) is 0. The van der Waals surface area contributed by atoms with Crippen LogP contribution in [0.4, 0.5) is 0 Å². The van der Waals surface area contributed by atoms with Gasteiger partial charge in [-0.2, -0.15) is 5.10 Å². The van der Waals surface area contributed by atoms with Crippen LogP contribution in [0.25, 0.3) is 16.8 Å². The number of aromatic nitrogens is 3. The van der Waals surface area contributed by atoms with E-state index in [0.29, 0.717) is 12.1 Å². The Hall–Kier alpha value is -3.34. The highest BCUT2D eigenvalue weighted by Crippen LogP contribution is 2.23. The highest BCUT2D eigenvalue weighted by atomic mass is 16.5. The van der Waals surface area contributed by atoms with Crippen LogP contribution in [-0.4, -0.2) is 21.3 Å². The van der Waals surface area contributed by atoms with Crippen molar-refractivity contribution in [3.05, 3.63) is 88.5 Å². The molecule has 0 bridgehead atoms. The quantitative estimate of drug-likeness (QED) is 0.568. The fourth-order valence-corrected chi connectivity index (χ4v) is 2.96. The molecule has 0 N–H and O–H groups in total. The molecule has 2 aromatic heterocycles. The minimum atomic E-state index is -0.0604. The number of rotatable bonds is 4. The number of fused-ring (bicyclic) bond motifs is 1. The van der Waals surface area contributed by atoms with E-state index in [-0.39, 0.29) is 5.56 Å². The molecule has 0 aliphatic rings. The molecule has 2 aromatic carbocycles. The lowest BCUT2D eigenvalue weighted by Gasteiger charge is -2.06. The van der Waals surface area contributed by atoms with Gasteiger partial charge in [-0.1, -0.05) is 42.0 Å². The van der Waals surface area contributed by atoms with Gasteiger partial charge in [0.2, 0.25) is 0 Å². The van der Waals surface area contributed by atoms with Crippen molar-refractivity contribution in [1.82, 2.24) is 14.2 Å². The highest BCUT2D eigenvalue weighted by Gasteiger charge is 2.10. The zero-order valence-electron chi connectivity index (χ0n) is 14.7. The molecule has 0 fully saturated rings. The summed E-state index contributed by atoms with van der Waals surface area (Å²) >= 11 is 0. The van der Waals surface area contributed by atoms with Crippen LogP contribution in [0.2, 0.25) is 0 Å². The molecule has 0 aliphatic carbocycles. The van der Waals surface area contributed by atoms with Crippen molar-refractivity contribution in [2.45, 2.75) is 13.5 Å². The molecule has 26 heavy (non-hydrogen) atoms. The highest BCUT2D eigenvalue weighted by molar-refractivity contribution is 5.66. The van der Waals surface area contributed by atoms with Crippen molar-refractivity contribution in [3.63, 3.8) is 0 Å². The lowest BCUT2D eigenvalue weighted by atomic mass is 10.1. The average Bonchev–Trinajstić information content (AvgIpc) is 3.11. The van der Waals surface area contributed by atoms with Gasteiger partial charge in [0.15, 0.2) is 0 Å². The topological polar surface area (TPSA) is 48.5 Å². The lowest BCUT2D eigenvalue weighted by molar-refractivity contribution is 0.415. The van der Waals surface area contributed by atoms with E-state index in [1.807, 2.05) is 55.6 Å². The molecule has 0 atom stereocenters. The molecule has 0 amide bonds.